The molecule has 0 aliphatic heterocycles. The molecule has 0 fully saturated rings. The molecule has 0 amide bonds. The van der Waals surface area contributed by atoms with Crippen LogP contribution in [0.5, 0.6) is 0 Å². The Morgan fingerprint density at radius 2 is 1.58 bits per heavy atom. The Kier molecular flexibility index (Phi) is 16.5. The van der Waals surface area contributed by atoms with Gasteiger partial charge in [-0.25, -0.2) is 0 Å². The molecule has 0 unspecified atom stereocenters. The Hall–Kier alpha value is 0.0274. The van der Waals surface area contributed by atoms with Gasteiger partial charge in [-0.15, -0.1) is 0 Å². The summed E-state index contributed by atoms with van der Waals surface area (Å²) in [5.41, 5.74) is 0. The molecule has 0 aromatic heterocycles. The molecule has 0 aliphatic carbocycles. The van der Waals surface area contributed by atoms with Gasteiger partial charge in [0, 0.05) is 0 Å². The van der Waals surface area contributed by atoms with E-state index < -0.39 is 0 Å². The Labute approximate surface area is 89.7 Å². The van der Waals surface area contributed by atoms with Gasteiger partial charge in [0.1, 0.15) is 0 Å². The predicted molar refractivity (Wildman–Crippen MR) is 51.1 cm³/mol. The van der Waals surface area contributed by atoms with Crippen molar-refractivity contribution in [1.82, 2.24) is 0 Å². The fraction of sp³-hybridized carbons (Fsp3) is 0.727. The van der Waals surface area contributed by atoms with Gasteiger partial charge >= 0.3 is 18.9 Å². The van der Waals surface area contributed by atoms with E-state index in [-0.39, 0.29) is 18.9 Å². The van der Waals surface area contributed by atoms with E-state index in [0.29, 0.717) is 0 Å². The van der Waals surface area contributed by atoms with Crippen molar-refractivity contribution < 1.29 is 18.9 Å². The van der Waals surface area contributed by atoms with Crippen molar-refractivity contribution in [2.45, 2.75) is 51.9 Å². The van der Waals surface area contributed by atoms with Crippen LogP contribution < -0.4 is 18.9 Å². The zero-order chi connectivity index (χ0) is 8.36. The molecule has 0 radical (unpaired) electrons. The minimum Gasteiger partial charge on any atom is -0.328 e. The number of hydrogen-bond donors (Lipinski definition) is 0. The Bertz CT molecular complexity index is 119. The molecule has 0 bridgehead atoms. The van der Waals surface area contributed by atoms with Gasteiger partial charge in [-0.05, 0) is 0 Å². The number of unbranched alkanes of at least 4 members (excludes halogenated alkanes) is 6. The van der Waals surface area contributed by atoms with Gasteiger partial charge in [-0.2, -0.15) is 6.92 Å². The van der Waals surface area contributed by atoms with Crippen molar-refractivity contribution >= 4 is 0 Å². The van der Waals surface area contributed by atoms with Gasteiger partial charge in [-0.1, -0.05) is 51.9 Å². The summed E-state index contributed by atoms with van der Waals surface area (Å²) in [6.45, 7) is 5.72. The van der Waals surface area contributed by atoms with E-state index >= 15 is 0 Å². The van der Waals surface area contributed by atoms with Crippen LogP contribution in [-0.4, -0.2) is 0 Å². The molecule has 0 aliphatic rings. The molecule has 0 saturated carbocycles. The van der Waals surface area contributed by atoms with Crippen LogP contribution >= 0.6 is 0 Å². The second-order valence-corrected chi connectivity index (χ2v) is 2.87. The Morgan fingerprint density at radius 3 is 2.17 bits per heavy atom. The van der Waals surface area contributed by atoms with Gasteiger partial charge in [0.2, 0.25) is 0 Å². The van der Waals surface area contributed by atoms with Gasteiger partial charge in [-0.3, -0.25) is 5.92 Å². The van der Waals surface area contributed by atoms with Gasteiger partial charge in [0.25, 0.3) is 0 Å². The quantitative estimate of drug-likeness (QED) is 0.229. The second-order valence-electron chi connectivity index (χ2n) is 2.87. The Balaban J connectivity index is 0. The van der Waals surface area contributed by atoms with Crippen molar-refractivity contribution in [3.63, 3.8) is 0 Å². The summed E-state index contributed by atoms with van der Waals surface area (Å²) in [6.07, 6.45) is 9.14. The largest absolute Gasteiger partial charge is 1.00 e. The average molecular weight is 158 g/mol. The third-order valence-electron chi connectivity index (χ3n) is 1.78. The van der Waals surface area contributed by atoms with Crippen molar-refractivity contribution in [1.29, 1.82) is 0 Å². The molecule has 12 heavy (non-hydrogen) atoms. The van der Waals surface area contributed by atoms with Crippen molar-refractivity contribution in [3.05, 3.63) is 6.92 Å². The summed E-state index contributed by atoms with van der Waals surface area (Å²) < 4.78 is 0. The molecule has 0 saturated heterocycles. The summed E-state index contributed by atoms with van der Waals surface area (Å²) in [7, 11) is 0. The van der Waals surface area contributed by atoms with Crippen molar-refractivity contribution in [2.24, 2.45) is 0 Å². The molecule has 0 nitrogen and oxygen atoms in total. The van der Waals surface area contributed by atoms with Crippen LogP contribution in [0, 0.1) is 18.8 Å². The molecule has 64 valence electrons. The van der Waals surface area contributed by atoms with Crippen LogP contribution in [0.15, 0.2) is 0 Å². The van der Waals surface area contributed by atoms with E-state index in [2.05, 4.69) is 25.7 Å². The minimum atomic E-state index is 0. The van der Waals surface area contributed by atoms with Crippen LogP contribution in [0.1, 0.15) is 51.9 Å². The van der Waals surface area contributed by atoms with Crippen LogP contribution in [0.4, 0.5) is 0 Å². The molecule has 0 aromatic carbocycles. The van der Waals surface area contributed by atoms with E-state index in [4.69, 9.17) is 0 Å². The third kappa shape index (κ3) is 12.7. The number of hydrogen-bond acceptors (Lipinski definition) is 0. The second kappa shape index (κ2) is 13.6. The van der Waals surface area contributed by atoms with Crippen LogP contribution in [0.25, 0.3) is 0 Å². The summed E-state index contributed by atoms with van der Waals surface area (Å²) in [4.78, 5) is 0. The Morgan fingerprint density at radius 1 is 1.00 bits per heavy atom. The average Bonchev–Trinajstić information content (AvgIpc) is 2.03. The molecular formula is C11H19Li. The van der Waals surface area contributed by atoms with E-state index in [1.165, 1.54) is 38.5 Å². The maximum atomic E-state index is 3.47. The third-order valence-corrected chi connectivity index (χ3v) is 1.78. The van der Waals surface area contributed by atoms with Crippen molar-refractivity contribution in [2.75, 3.05) is 0 Å². The predicted octanol–water partition coefficient (Wildman–Crippen LogP) is 0.578. The van der Waals surface area contributed by atoms with E-state index in [0.717, 1.165) is 6.42 Å². The molecule has 0 atom stereocenters. The van der Waals surface area contributed by atoms with Gasteiger partial charge in [0.15, 0.2) is 0 Å². The summed E-state index contributed by atoms with van der Waals surface area (Å²) in [6, 6.07) is 0. The zero-order valence-corrected chi connectivity index (χ0v) is 8.66. The molecule has 0 heterocycles. The van der Waals surface area contributed by atoms with Gasteiger partial charge < -0.3 is 5.92 Å². The molecule has 0 spiro atoms. The molecular weight excluding hydrogens is 139 g/mol. The topological polar surface area (TPSA) is 0 Å². The standard InChI is InChI=1S/C11H19.Li/c1-3-5-7-9-11-10-8-6-4-2;/h1,4,6-11H2,2H3;/q-1;+1. The smallest absolute Gasteiger partial charge is 0.328 e. The first-order valence-corrected chi connectivity index (χ1v) is 4.66. The van der Waals surface area contributed by atoms with Gasteiger partial charge in [0.05, 0.1) is 0 Å². The van der Waals surface area contributed by atoms with E-state index in [1.807, 2.05) is 0 Å². The monoisotopic (exact) mass is 158 g/mol. The molecule has 0 N–H and O–H groups in total. The molecule has 1 heteroatoms. The fourth-order valence-corrected chi connectivity index (χ4v) is 1.08. The number of rotatable bonds is 6. The first-order chi connectivity index (χ1) is 5.41. The van der Waals surface area contributed by atoms with E-state index in [9.17, 15) is 0 Å². The van der Waals surface area contributed by atoms with Crippen LogP contribution in [0.2, 0.25) is 0 Å². The SMILES string of the molecule is [CH2-]C#CCCCCCCCC.[Li+]. The van der Waals surface area contributed by atoms with Crippen LogP contribution in [-0.2, 0) is 0 Å². The zero-order valence-electron chi connectivity index (χ0n) is 8.66. The first-order valence-electron chi connectivity index (χ1n) is 4.66. The summed E-state index contributed by atoms with van der Waals surface area (Å²) in [5, 5.41) is 0. The maximum absolute atomic E-state index is 3.47. The van der Waals surface area contributed by atoms with Crippen molar-refractivity contribution in [3.8, 4) is 11.8 Å². The summed E-state index contributed by atoms with van der Waals surface area (Å²) >= 11 is 0. The minimum absolute atomic E-state index is 0. The van der Waals surface area contributed by atoms with Crippen LogP contribution in [0.3, 0.4) is 0 Å². The first kappa shape index (κ1) is 14.5. The maximum Gasteiger partial charge on any atom is 1.00 e. The molecule has 0 rings (SSSR count). The summed E-state index contributed by atoms with van der Waals surface area (Å²) in [5.74, 6) is 5.65. The fourth-order valence-electron chi connectivity index (χ4n) is 1.08. The molecule has 0 aromatic rings. The van der Waals surface area contributed by atoms with E-state index in [1.54, 1.807) is 0 Å². The normalized spacial score (nSPS) is 8.08.